The Kier molecular flexibility index (Phi) is 19.9. The lowest BCUT2D eigenvalue weighted by atomic mass is 9.84. The number of carbonyl (C=O) groups is 9. The lowest BCUT2D eigenvalue weighted by Gasteiger charge is -2.41. The quantitative estimate of drug-likeness (QED) is 0.0789. The van der Waals surface area contributed by atoms with Crippen molar-refractivity contribution in [1.29, 1.82) is 0 Å². The first-order chi connectivity index (χ1) is 29.7. The van der Waals surface area contributed by atoms with Gasteiger partial charge in [-0.1, -0.05) is 83.1 Å². The summed E-state index contributed by atoms with van der Waals surface area (Å²) in [6, 6.07) is 7.38. The summed E-state index contributed by atoms with van der Waals surface area (Å²) in [6.07, 6.45) is -10.1. The first-order valence-corrected chi connectivity index (χ1v) is 20.2. The summed E-state index contributed by atoms with van der Waals surface area (Å²) in [4.78, 5) is 119. The summed E-state index contributed by atoms with van der Waals surface area (Å²) in [7, 11) is 0. The summed E-state index contributed by atoms with van der Waals surface area (Å²) in [5.74, 6) is -8.48. The average Bonchev–Trinajstić information content (AvgIpc) is 3.18. The number of halogens is 3. The third-order valence-corrected chi connectivity index (χ3v) is 9.50. The topological polar surface area (TPSA) is 267 Å². The van der Waals surface area contributed by atoms with Crippen molar-refractivity contribution in [3.63, 3.8) is 0 Å². The Labute approximate surface area is 368 Å². The molecule has 0 spiro atoms. The number of nitrogens with one attached hydrogen (secondary N) is 5. The van der Waals surface area contributed by atoms with Crippen LogP contribution < -0.4 is 31.5 Å². The van der Waals surface area contributed by atoms with E-state index in [1.807, 2.05) is 5.32 Å². The fourth-order valence-corrected chi connectivity index (χ4v) is 6.26. The van der Waals surface area contributed by atoms with E-state index in [1.165, 1.54) is 38.1 Å². The number of carboxylic acids is 2. The largest absolute Gasteiger partial charge is 0.481 e. The zero-order valence-corrected chi connectivity index (χ0v) is 36.6. The first-order valence-electron chi connectivity index (χ1n) is 20.2. The molecule has 0 bridgehead atoms. The van der Waals surface area contributed by atoms with Crippen LogP contribution in [0.2, 0.25) is 0 Å². The second-order valence-corrected chi connectivity index (χ2v) is 17.0. The highest BCUT2D eigenvalue weighted by atomic mass is 19.4. The van der Waals surface area contributed by atoms with Gasteiger partial charge < -0.3 is 46.3 Å². The van der Waals surface area contributed by atoms with Crippen LogP contribution in [0.1, 0.15) is 86.1 Å². The summed E-state index contributed by atoms with van der Waals surface area (Å²) in [5, 5.41) is 30.7. The normalized spacial score (nSPS) is 14.0. The summed E-state index contributed by atoms with van der Waals surface area (Å²) in [5.41, 5.74) is -2.50. The van der Waals surface area contributed by atoms with Gasteiger partial charge >= 0.3 is 24.2 Å². The van der Waals surface area contributed by atoms with Gasteiger partial charge in [-0.25, -0.2) is 4.79 Å². The van der Waals surface area contributed by atoms with E-state index in [1.54, 1.807) is 71.0 Å². The van der Waals surface area contributed by atoms with E-state index >= 15 is 0 Å². The molecule has 0 aliphatic rings. The molecule has 0 aliphatic heterocycles. The van der Waals surface area contributed by atoms with E-state index in [2.05, 4.69) is 21.3 Å². The number of carbonyl (C=O) groups excluding carboxylic acids is 7. The van der Waals surface area contributed by atoms with Crippen LogP contribution in [0.5, 0.6) is 0 Å². The van der Waals surface area contributed by atoms with Crippen LogP contribution in [0.4, 0.5) is 23.7 Å². The Bertz CT molecular complexity index is 1960. The van der Waals surface area contributed by atoms with Crippen LogP contribution >= 0.6 is 0 Å². The molecule has 352 valence electrons. The van der Waals surface area contributed by atoms with Gasteiger partial charge in [-0.2, -0.15) is 13.2 Å². The lowest BCUT2D eigenvalue weighted by Crippen LogP contribution is -2.66. The van der Waals surface area contributed by atoms with Crippen molar-refractivity contribution in [3.8, 4) is 0 Å². The van der Waals surface area contributed by atoms with Crippen molar-refractivity contribution in [2.24, 2.45) is 11.3 Å². The molecule has 2 aromatic rings. The van der Waals surface area contributed by atoms with E-state index < -0.39 is 121 Å². The fourth-order valence-electron chi connectivity index (χ4n) is 6.26. The summed E-state index contributed by atoms with van der Waals surface area (Å²) in [6.45, 7) is 10.4. The molecule has 64 heavy (non-hydrogen) atoms. The number of carboxylic acid groups (broad SMARTS) is 2. The highest BCUT2D eigenvalue weighted by Crippen LogP contribution is 2.29. The molecular formula is C43H57F3N6O12. The Morgan fingerprint density at radius 3 is 1.77 bits per heavy atom. The minimum atomic E-state index is -4.79. The van der Waals surface area contributed by atoms with Crippen LogP contribution in [0, 0.1) is 11.3 Å². The van der Waals surface area contributed by atoms with Gasteiger partial charge in [0.1, 0.15) is 42.6 Å². The third kappa shape index (κ3) is 17.7. The molecule has 2 rings (SSSR count). The van der Waals surface area contributed by atoms with E-state index in [4.69, 9.17) is 4.74 Å². The van der Waals surface area contributed by atoms with Gasteiger partial charge in [0.05, 0.1) is 18.9 Å². The smallest absolute Gasteiger partial charge is 0.408 e. The maximum atomic E-state index is 14.7. The highest BCUT2D eigenvalue weighted by Gasteiger charge is 2.45. The molecule has 0 saturated heterocycles. The molecule has 7 N–H and O–H groups in total. The molecule has 18 nitrogen and oxygen atoms in total. The zero-order valence-electron chi connectivity index (χ0n) is 36.6. The molecule has 0 heterocycles. The lowest BCUT2D eigenvalue weighted by molar-refractivity contribution is -0.147. The second kappa shape index (κ2) is 23.8. The number of benzene rings is 2. The molecule has 1 unspecified atom stereocenters. The predicted octanol–water partition coefficient (Wildman–Crippen LogP) is 3.62. The van der Waals surface area contributed by atoms with E-state index in [0.29, 0.717) is 5.56 Å². The Morgan fingerprint density at radius 2 is 1.27 bits per heavy atom. The van der Waals surface area contributed by atoms with Crippen molar-refractivity contribution < 1.29 is 71.3 Å². The van der Waals surface area contributed by atoms with Gasteiger partial charge in [-0.15, -0.1) is 0 Å². The molecule has 0 aromatic heterocycles. The molecule has 0 fully saturated rings. The number of rotatable bonds is 23. The Morgan fingerprint density at radius 1 is 0.719 bits per heavy atom. The van der Waals surface area contributed by atoms with Crippen molar-refractivity contribution in [2.45, 2.75) is 129 Å². The minimum Gasteiger partial charge on any atom is -0.481 e. The van der Waals surface area contributed by atoms with Crippen LogP contribution in [0.25, 0.3) is 0 Å². The number of aliphatic carboxylic acids is 2. The van der Waals surface area contributed by atoms with Crippen molar-refractivity contribution in [2.75, 3.05) is 4.90 Å². The van der Waals surface area contributed by atoms with Gasteiger partial charge in [-0.3, -0.25) is 38.5 Å². The van der Waals surface area contributed by atoms with Crippen LogP contribution in [-0.4, -0.2) is 106 Å². The maximum Gasteiger partial charge on any atom is 0.408 e. The Balaban J connectivity index is 2.51. The van der Waals surface area contributed by atoms with E-state index in [0.717, 1.165) is 4.90 Å². The molecule has 5 atom stereocenters. The monoisotopic (exact) mass is 906 g/mol. The molecule has 21 heteroatoms. The molecule has 2 aromatic carbocycles. The van der Waals surface area contributed by atoms with Crippen molar-refractivity contribution >= 4 is 59.5 Å². The van der Waals surface area contributed by atoms with Gasteiger partial charge in [0, 0.05) is 12.1 Å². The average molecular weight is 907 g/mol. The first kappa shape index (κ1) is 53.6. The van der Waals surface area contributed by atoms with Gasteiger partial charge in [-0.05, 0) is 55.7 Å². The summed E-state index contributed by atoms with van der Waals surface area (Å²) >= 11 is 0. The van der Waals surface area contributed by atoms with Crippen molar-refractivity contribution in [3.05, 3.63) is 66.2 Å². The minimum absolute atomic E-state index is 0.0564. The van der Waals surface area contributed by atoms with Crippen LogP contribution in [0.15, 0.2) is 60.7 Å². The molecular weight excluding hydrogens is 849 g/mol. The van der Waals surface area contributed by atoms with E-state index in [-0.39, 0.29) is 30.9 Å². The SMILES string of the molecule is CC(C)C[C@H](NC(=O)[C@@H](NC(=O)C(C)(C)N(C(=O)[C@H](CCC(=O)O)NC(=O)[C@H](CC(=O)O)NC(=O)OCc1ccccc1)c1ccccc1)C(C)(C)C)C(=O)NC(C=O)CC(F)(F)F. The number of alkyl halides is 3. The van der Waals surface area contributed by atoms with E-state index in [9.17, 15) is 66.5 Å². The number of hydrogen-bond donors (Lipinski definition) is 7. The maximum absolute atomic E-state index is 14.7. The molecule has 6 amide bonds. The Hall–Kier alpha value is -6.54. The zero-order chi connectivity index (χ0) is 48.6. The van der Waals surface area contributed by atoms with Gasteiger partial charge in [0.25, 0.3) is 5.91 Å². The summed E-state index contributed by atoms with van der Waals surface area (Å²) < 4.78 is 44.3. The number of ether oxygens (including phenoxy) is 1. The number of nitrogens with zero attached hydrogens (tertiary/aromatic N) is 1. The number of para-hydroxylation sites is 1. The predicted molar refractivity (Wildman–Crippen MR) is 224 cm³/mol. The van der Waals surface area contributed by atoms with Crippen LogP contribution in [0.3, 0.4) is 0 Å². The molecule has 0 aliphatic carbocycles. The molecule has 0 saturated carbocycles. The van der Waals surface area contributed by atoms with Gasteiger partial charge in [0.15, 0.2) is 0 Å². The molecule has 0 radical (unpaired) electrons. The number of alkyl carbamates (subject to hydrolysis) is 1. The highest BCUT2D eigenvalue weighted by molar-refractivity contribution is 6.07. The van der Waals surface area contributed by atoms with Gasteiger partial charge in [0.2, 0.25) is 23.6 Å². The number of amides is 6. The number of aldehydes is 1. The standard InChI is InChI=1S/C43H57F3N6O12/c1-25(2)20-30(35(58)47-27(23-53)22-43(44,45)46)49-37(60)34(41(3,4)5)51-39(62)42(6,7)52(28-16-12-9-13-17-28)38(61)29(18-19-32(54)55)48-36(59)31(21-33(56)57)50-40(63)64-24-26-14-10-8-11-15-26/h8-17,23,25,27,29-31,34H,18-22,24H2,1-7H3,(H,47,58)(H,48,59)(H,49,60)(H,50,63)(H,51,62)(H,54,55)(H,56,57)/t27?,29-,30-,31-,34+/m0/s1. The fraction of sp³-hybridized carbons (Fsp3) is 0.512. The number of anilines is 1. The van der Waals surface area contributed by atoms with Crippen molar-refractivity contribution in [1.82, 2.24) is 26.6 Å². The number of hydrogen-bond acceptors (Lipinski definition) is 10. The van der Waals surface area contributed by atoms with Crippen LogP contribution in [-0.2, 0) is 49.7 Å². The second-order valence-electron chi connectivity index (χ2n) is 17.0. The third-order valence-electron chi connectivity index (χ3n) is 9.50.